The number of hydrogen-bond donors (Lipinski definition) is 2. The molecule has 2 aromatic heterocycles. The Morgan fingerprint density at radius 1 is 1.25 bits per heavy atom. The maximum atomic E-state index is 12.2. The molecule has 2 aromatic rings. The normalized spacial score (nSPS) is 11.7. The number of furan rings is 1. The van der Waals surface area contributed by atoms with Crippen LogP contribution in [0.25, 0.3) is 0 Å². The molecular formula is C17H22N4O3. The zero-order chi connectivity index (χ0) is 17.9. The summed E-state index contributed by atoms with van der Waals surface area (Å²) in [5.41, 5.74) is 1.70. The minimum atomic E-state index is -0.366. The lowest BCUT2D eigenvalue weighted by molar-refractivity contribution is 0.0822. The maximum Gasteiger partial charge on any atom is 0.319 e. The Labute approximate surface area is 141 Å². The van der Waals surface area contributed by atoms with Crippen LogP contribution in [0.3, 0.4) is 0 Å². The zero-order valence-electron chi connectivity index (χ0n) is 14.5. The predicted octanol–water partition coefficient (Wildman–Crippen LogP) is 2.88. The largest absolute Gasteiger partial charge is 0.466 e. The van der Waals surface area contributed by atoms with Crippen molar-refractivity contribution in [1.29, 1.82) is 0 Å². The Morgan fingerprint density at radius 3 is 2.54 bits per heavy atom. The van der Waals surface area contributed by atoms with Crippen molar-refractivity contribution in [3.05, 3.63) is 47.2 Å². The van der Waals surface area contributed by atoms with Gasteiger partial charge < -0.3 is 20.0 Å². The molecule has 0 saturated carbocycles. The summed E-state index contributed by atoms with van der Waals surface area (Å²) in [6.07, 6.45) is 1.49. The highest BCUT2D eigenvalue weighted by Crippen LogP contribution is 2.21. The van der Waals surface area contributed by atoms with Crippen molar-refractivity contribution in [2.24, 2.45) is 0 Å². The quantitative estimate of drug-likeness (QED) is 0.902. The summed E-state index contributed by atoms with van der Waals surface area (Å²) in [4.78, 5) is 29.5. The van der Waals surface area contributed by atoms with Crippen molar-refractivity contribution in [2.45, 2.75) is 26.8 Å². The van der Waals surface area contributed by atoms with Gasteiger partial charge in [0.05, 0.1) is 6.04 Å². The van der Waals surface area contributed by atoms with Crippen LogP contribution in [-0.4, -0.2) is 35.9 Å². The smallest absolute Gasteiger partial charge is 0.319 e. The maximum absolute atomic E-state index is 12.2. The summed E-state index contributed by atoms with van der Waals surface area (Å²) in [7, 11) is 3.29. The molecule has 1 unspecified atom stereocenters. The molecule has 2 rings (SSSR count). The van der Waals surface area contributed by atoms with Crippen molar-refractivity contribution in [1.82, 2.24) is 15.2 Å². The van der Waals surface area contributed by atoms with Gasteiger partial charge in [0.15, 0.2) is 0 Å². The molecule has 0 aliphatic rings. The number of nitrogens with zero attached hydrogens (tertiary/aromatic N) is 2. The van der Waals surface area contributed by atoms with E-state index in [-0.39, 0.29) is 23.7 Å². The molecule has 0 aliphatic carbocycles. The van der Waals surface area contributed by atoms with Gasteiger partial charge >= 0.3 is 6.03 Å². The summed E-state index contributed by atoms with van der Waals surface area (Å²) in [5.74, 6) is 1.36. The van der Waals surface area contributed by atoms with Crippen molar-refractivity contribution >= 4 is 17.6 Å². The first-order chi connectivity index (χ1) is 11.3. The highest BCUT2D eigenvalue weighted by atomic mass is 16.3. The van der Waals surface area contributed by atoms with Gasteiger partial charge in [0.25, 0.3) is 5.91 Å². The van der Waals surface area contributed by atoms with Crippen LogP contribution in [0.15, 0.2) is 28.8 Å². The van der Waals surface area contributed by atoms with Gasteiger partial charge in [0.1, 0.15) is 17.2 Å². The summed E-state index contributed by atoms with van der Waals surface area (Å²) < 4.78 is 5.48. The number of pyridine rings is 1. The van der Waals surface area contributed by atoms with Crippen LogP contribution in [0.5, 0.6) is 0 Å². The first-order valence-corrected chi connectivity index (χ1v) is 7.60. The second-order valence-corrected chi connectivity index (χ2v) is 5.82. The fraction of sp³-hybridized carbons (Fsp3) is 0.353. The van der Waals surface area contributed by atoms with Crippen LogP contribution in [0.2, 0.25) is 0 Å². The van der Waals surface area contributed by atoms with Crippen molar-refractivity contribution in [3.63, 3.8) is 0 Å². The van der Waals surface area contributed by atoms with Crippen LogP contribution in [0.1, 0.15) is 40.5 Å². The predicted molar refractivity (Wildman–Crippen MR) is 91.0 cm³/mol. The summed E-state index contributed by atoms with van der Waals surface area (Å²) >= 11 is 0. The highest BCUT2D eigenvalue weighted by Gasteiger charge is 2.16. The van der Waals surface area contributed by atoms with Gasteiger partial charge in [-0.15, -0.1) is 0 Å². The number of amides is 3. The molecule has 2 N–H and O–H groups in total. The first-order valence-electron chi connectivity index (χ1n) is 7.60. The molecule has 0 radical (unpaired) electrons. The van der Waals surface area contributed by atoms with E-state index in [9.17, 15) is 9.59 Å². The molecule has 7 nitrogen and oxygen atoms in total. The van der Waals surface area contributed by atoms with Crippen LogP contribution >= 0.6 is 0 Å². The van der Waals surface area contributed by atoms with E-state index in [1.54, 1.807) is 26.2 Å². The van der Waals surface area contributed by atoms with Crippen LogP contribution in [0.4, 0.5) is 10.5 Å². The molecule has 7 heteroatoms. The lowest BCUT2D eigenvalue weighted by atomic mass is 10.1. The van der Waals surface area contributed by atoms with Crippen molar-refractivity contribution in [3.8, 4) is 0 Å². The van der Waals surface area contributed by atoms with E-state index in [0.717, 1.165) is 17.1 Å². The highest BCUT2D eigenvalue weighted by molar-refractivity contribution is 5.95. The number of nitrogens with one attached hydrogen (secondary N) is 2. The molecule has 0 spiro atoms. The minimum Gasteiger partial charge on any atom is -0.466 e. The molecule has 128 valence electrons. The third-order valence-electron chi connectivity index (χ3n) is 3.54. The number of urea groups is 1. The topological polar surface area (TPSA) is 87.5 Å². The molecule has 0 aliphatic heterocycles. The van der Waals surface area contributed by atoms with Crippen LogP contribution < -0.4 is 10.6 Å². The van der Waals surface area contributed by atoms with E-state index >= 15 is 0 Å². The molecule has 24 heavy (non-hydrogen) atoms. The first kappa shape index (κ1) is 17.5. The van der Waals surface area contributed by atoms with Gasteiger partial charge in [-0.05, 0) is 39.0 Å². The number of rotatable bonds is 4. The van der Waals surface area contributed by atoms with E-state index in [0.29, 0.717) is 5.69 Å². The molecule has 2 heterocycles. The Hall–Kier alpha value is -2.83. The Bertz CT molecular complexity index is 752. The molecule has 0 fully saturated rings. The lowest BCUT2D eigenvalue weighted by Gasteiger charge is -2.15. The SMILES string of the molecule is Cc1cc(C(C)NC(=O)Nc2ccnc(C(=O)N(C)C)c2)c(C)o1. The second-order valence-electron chi connectivity index (χ2n) is 5.82. The van der Waals surface area contributed by atoms with Crippen LogP contribution in [-0.2, 0) is 0 Å². The fourth-order valence-corrected chi connectivity index (χ4v) is 2.38. The van der Waals surface area contributed by atoms with Gasteiger partial charge in [-0.3, -0.25) is 9.78 Å². The Kier molecular flexibility index (Phi) is 5.23. The second kappa shape index (κ2) is 7.16. The van der Waals surface area contributed by atoms with E-state index in [1.807, 2.05) is 26.8 Å². The molecule has 3 amide bonds. The third-order valence-corrected chi connectivity index (χ3v) is 3.54. The van der Waals surface area contributed by atoms with Crippen molar-refractivity contribution < 1.29 is 14.0 Å². The Balaban J connectivity index is 2.03. The van der Waals surface area contributed by atoms with Gasteiger partial charge in [0.2, 0.25) is 0 Å². The average Bonchev–Trinajstić information content (AvgIpc) is 2.85. The molecule has 0 saturated heterocycles. The number of hydrogen-bond acceptors (Lipinski definition) is 4. The summed E-state index contributed by atoms with van der Waals surface area (Å²) in [6, 6.07) is 4.51. The number of aromatic nitrogens is 1. The number of aryl methyl sites for hydroxylation is 2. The monoisotopic (exact) mass is 330 g/mol. The van der Waals surface area contributed by atoms with E-state index in [4.69, 9.17) is 4.42 Å². The van der Waals surface area contributed by atoms with Gasteiger partial charge in [-0.25, -0.2) is 4.79 Å². The average molecular weight is 330 g/mol. The molecule has 0 aromatic carbocycles. The minimum absolute atomic E-state index is 0.202. The third kappa shape index (κ3) is 4.13. The Morgan fingerprint density at radius 2 is 1.96 bits per heavy atom. The van der Waals surface area contributed by atoms with E-state index < -0.39 is 0 Å². The van der Waals surface area contributed by atoms with E-state index in [2.05, 4.69) is 15.6 Å². The zero-order valence-corrected chi connectivity index (χ0v) is 14.5. The molecule has 0 bridgehead atoms. The number of carbonyl (C=O) groups is 2. The molecule has 1 atom stereocenters. The number of carbonyl (C=O) groups excluding carboxylic acids is 2. The van der Waals surface area contributed by atoms with Crippen molar-refractivity contribution in [2.75, 3.05) is 19.4 Å². The van der Waals surface area contributed by atoms with Crippen LogP contribution in [0, 0.1) is 13.8 Å². The van der Waals surface area contributed by atoms with Gasteiger partial charge in [0, 0.05) is 31.5 Å². The lowest BCUT2D eigenvalue weighted by Crippen LogP contribution is -2.31. The molecular weight excluding hydrogens is 308 g/mol. The summed E-state index contributed by atoms with van der Waals surface area (Å²) in [5, 5.41) is 5.56. The summed E-state index contributed by atoms with van der Waals surface area (Å²) in [6.45, 7) is 5.61. The fourth-order valence-electron chi connectivity index (χ4n) is 2.38. The van der Waals surface area contributed by atoms with E-state index in [1.165, 1.54) is 11.1 Å². The van der Waals surface area contributed by atoms with Gasteiger partial charge in [-0.2, -0.15) is 0 Å². The number of anilines is 1. The standard InChI is InChI=1S/C17H22N4O3/c1-10-8-14(12(3)24-10)11(2)19-17(23)20-13-6-7-18-15(9-13)16(22)21(4)5/h6-9,11H,1-5H3,(H2,18,19,20,23). The van der Waals surface area contributed by atoms with Gasteiger partial charge in [-0.1, -0.05) is 0 Å².